The molecule has 0 aliphatic carbocycles. The molecule has 1 atom stereocenters. The molecule has 3 aromatic carbocycles. The number of nitro groups is 1. The minimum atomic E-state index is -0.910. The molecule has 3 aromatic rings. The van der Waals surface area contributed by atoms with Crippen LogP contribution < -0.4 is 4.74 Å². The second kappa shape index (κ2) is 9.58. The molecular formula is C26H22N2O6. The van der Waals surface area contributed by atoms with Crippen LogP contribution in [0.1, 0.15) is 29.7 Å². The summed E-state index contributed by atoms with van der Waals surface area (Å²) in [5.41, 5.74) is 1.45. The standard InChI is InChI=1S/C26H22N2O6/c1-2-34-21-14-10-19(11-15-21)24(29)22-23(18-8-12-20(13-9-18)28(32)33)27(26(31)25(22)30)16-17-6-4-3-5-7-17/h3-15,23,29H,2,16H2,1H3/b24-22+. The van der Waals surface area contributed by atoms with Crippen LogP contribution in [0.4, 0.5) is 5.69 Å². The van der Waals surface area contributed by atoms with Crippen LogP contribution in [0.25, 0.3) is 5.76 Å². The normalized spacial score (nSPS) is 17.1. The zero-order chi connectivity index (χ0) is 24.2. The van der Waals surface area contributed by atoms with Crippen LogP contribution in [-0.4, -0.2) is 33.2 Å². The third kappa shape index (κ3) is 4.38. The molecule has 1 fully saturated rings. The Morgan fingerprint density at radius 3 is 2.24 bits per heavy atom. The quantitative estimate of drug-likeness (QED) is 0.182. The summed E-state index contributed by atoms with van der Waals surface area (Å²) in [6, 6.07) is 20.4. The van der Waals surface area contributed by atoms with Gasteiger partial charge in [0.25, 0.3) is 17.4 Å². The topological polar surface area (TPSA) is 110 Å². The second-order valence-corrected chi connectivity index (χ2v) is 7.72. The highest BCUT2D eigenvalue weighted by Gasteiger charge is 2.46. The SMILES string of the molecule is CCOc1ccc(/C(O)=C2\C(=O)C(=O)N(Cc3ccccc3)C2c2ccc([N+](=O)[O-])cc2)cc1. The molecule has 1 N–H and O–H groups in total. The first-order chi connectivity index (χ1) is 16.4. The van der Waals surface area contributed by atoms with Crippen molar-refractivity contribution in [2.24, 2.45) is 0 Å². The number of nitrogens with zero attached hydrogens (tertiary/aromatic N) is 2. The van der Waals surface area contributed by atoms with Gasteiger partial charge < -0.3 is 14.7 Å². The van der Waals surface area contributed by atoms with Crippen LogP contribution in [0.3, 0.4) is 0 Å². The van der Waals surface area contributed by atoms with Crippen molar-refractivity contribution < 1.29 is 24.4 Å². The molecule has 8 heteroatoms. The first kappa shape index (κ1) is 22.7. The summed E-state index contributed by atoms with van der Waals surface area (Å²) in [6.45, 7) is 2.47. The third-order valence-corrected chi connectivity index (χ3v) is 5.59. The molecule has 0 radical (unpaired) electrons. The van der Waals surface area contributed by atoms with E-state index >= 15 is 0 Å². The van der Waals surface area contributed by atoms with Gasteiger partial charge >= 0.3 is 0 Å². The van der Waals surface area contributed by atoms with Crippen molar-refractivity contribution in [2.45, 2.75) is 19.5 Å². The molecule has 1 saturated heterocycles. The Kier molecular flexibility index (Phi) is 6.40. The smallest absolute Gasteiger partial charge is 0.295 e. The lowest BCUT2D eigenvalue weighted by Gasteiger charge is -2.25. The number of carbonyl (C=O) groups is 2. The Morgan fingerprint density at radius 1 is 1.00 bits per heavy atom. The molecule has 0 saturated carbocycles. The molecular weight excluding hydrogens is 436 g/mol. The third-order valence-electron chi connectivity index (χ3n) is 5.59. The first-order valence-electron chi connectivity index (χ1n) is 10.7. The summed E-state index contributed by atoms with van der Waals surface area (Å²) >= 11 is 0. The fourth-order valence-corrected chi connectivity index (χ4v) is 3.98. The molecule has 8 nitrogen and oxygen atoms in total. The summed E-state index contributed by atoms with van der Waals surface area (Å²) in [5.74, 6) is -1.28. The largest absolute Gasteiger partial charge is 0.507 e. The van der Waals surface area contributed by atoms with Gasteiger partial charge in [0.1, 0.15) is 11.5 Å². The average molecular weight is 458 g/mol. The summed E-state index contributed by atoms with van der Waals surface area (Å²) < 4.78 is 5.43. The van der Waals surface area contributed by atoms with Gasteiger partial charge in [-0.3, -0.25) is 19.7 Å². The number of benzene rings is 3. The van der Waals surface area contributed by atoms with E-state index < -0.39 is 22.7 Å². The maximum atomic E-state index is 13.1. The van der Waals surface area contributed by atoms with Gasteiger partial charge in [0.15, 0.2) is 0 Å². The van der Waals surface area contributed by atoms with Crippen LogP contribution in [-0.2, 0) is 16.1 Å². The Balaban J connectivity index is 1.82. The molecule has 1 aliphatic rings. The van der Waals surface area contributed by atoms with E-state index in [0.717, 1.165) is 5.56 Å². The number of carbonyl (C=O) groups excluding carboxylic acids is 2. The van der Waals surface area contributed by atoms with Crippen molar-refractivity contribution in [1.82, 2.24) is 4.90 Å². The number of rotatable bonds is 7. The number of aliphatic hydroxyl groups excluding tert-OH is 1. The zero-order valence-electron chi connectivity index (χ0n) is 18.4. The highest BCUT2D eigenvalue weighted by atomic mass is 16.6. The van der Waals surface area contributed by atoms with E-state index in [1.807, 2.05) is 37.3 Å². The van der Waals surface area contributed by atoms with Gasteiger partial charge in [-0.15, -0.1) is 0 Å². The maximum absolute atomic E-state index is 13.1. The number of nitro benzene ring substituents is 1. The Hall–Kier alpha value is -4.46. The average Bonchev–Trinajstić information content (AvgIpc) is 3.10. The van der Waals surface area contributed by atoms with Crippen molar-refractivity contribution in [3.05, 3.63) is 111 Å². The van der Waals surface area contributed by atoms with Gasteiger partial charge in [-0.2, -0.15) is 0 Å². The van der Waals surface area contributed by atoms with Crippen molar-refractivity contribution >= 4 is 23.1 Å². The monoisotopic (exact) mass is 458 g/mol. The van der Waals surface area contributed by atoms with Crippen LogP contribution in [0, 0.1) is 10.1 Å². The van der Waals surface area contributed by atoms with Crippen molar-refractivity contribution in [2.75, 3.05) is 6.61 Å². The fourth-order valence-electron chi connectivity index (χ4n) is 3.98. The molecule has 34 heavy (non-hydrogen) atoms. The lowest BCUT2D eigenvalue weighted by molar-refractivity contribution is -0.384. The van der Waals surface area contributed by atoms with Crippen molar-refractivity contribution in [3.63, 3.8) is 0 Å². The number of Topliss-reactive ketones (excluding diaryl/α,β-unsaturated/α-hetero) is 1. The Morgan fingerprint density at radius 2 is 1.65 bits per heavy atom. The maximum Gasteiger partial charge on any atom is 0.295 e. The van der Waals surface area contributed by atoms with Gasteiger partial charge in [0.2, 0.25) is 0 Å². The van der Waals surface area contributed by atoms with E-state index in [4.69, 9.17) is 4.74 Å². The van der Waals surface area contributed by atoms with Gasteiger partial charge in [-0.25, -0.2) is 0 Å². The number of hydrogen-bond donors (Lipinski definition) is 1. The predicted molar refractivity (Wildman–Crippen MR) is 125 cm³/mol. The number of amides is 1. The number of ketones is 1. The van der Waals surface area contributed by atoms with Gasteiger partial charge in [-0.05, 0) is 54.4 Å². The summed E-state index contributed by atoms with van der Waals surface area (Å²) in [7, 11) is 0. The van der Waals surface area contributed by atoms with E-state index in [2.05, 4.69) is 0 Å². The highest BCUT2D eigenvalue weighted by Crippen LogP contribution is 2.40. The Bertz CT molecular complexity index is 1250. The highest BCUT2D eigenvalue weighted by molar-refractivity contribution is 6.46. The van der Waals surface area contributed by atoms with Crippen LogP contribution in [0.2, 0.25) is 0 Å². The molecule has 0 bridgehead atoms. The van der Waals surface area contributed by atoms with Crippen LogP contribution in [0.5, 0.6) is 5.75 Å². The van der Waals surface area contributed by atoms with E-state index in [-0.39, 0.29) is 23.6 Å². The van der Waals surface area contributed by atoms with Gasteiger partial charge in [-0.1, -0.05) is 30.3 Å². The number of hydrogen-bond acceptors (Lipinski definition) is 6. The van der Waals surface area contributed by atoms with E-state index in [9.17, 15) is 24.8 Å². The molecule has 0 spiro atoms. The van der Waals surface area contributed by atoms with Crippen molar-refractivity contribution in [1.29, 1.82) is 0 Å². The predicted octanol–water partition coefficient (Wildman–Crippen LogP) is 4.62. The Labute approximate surface area is 195 Å². The summed E-state index contributed by atoms with van der Waals surface area (Å²) in [5, 5.41) is 22.2. The minimum absolute atomic E-state index is 0.0704. The molecule has 172 valence electrons. The summed E-state index contributed by atoms with van der Waals surface area (Å²) in [6.07, 6.45) is 0. The summed E-state index contributed by atoms with van der Waals surface area (Å²) in [4.78, 5) is 38.1. The van der Waals surface area contributed by atoms with E-state index in [1.165, 1.54) is 29.2 Å². The number of aliphatic hydroxyl groups is 1. The van der Waals surface area contributed by atoms with Crippen LogP contribution in [0.15, 0.2) is 84.4 Å². The zero-order valence-corrected chi connectivity index (χ0v) is 18.4. The van der Waals surface area contributed by atoms with Gasteiger partial charge in [0, 0.05) is 24.2 Å². The molecule has 4 rings (SSSR count). The molecule has 0 aromatic heterocycles. The number of ether oxygens (including phenoxy) is 1. The van der Waals surface area contributed by atoms with Gasteiger partial charge in [0.05, 0.1) is 23.1 Å². The number of non-ortho nitro benzene ring substituents is 1. The lowest BCUT2D eigenvalue weighted by atomic mass is 9.95. The molecule has 1 amide bonds. The van der Waals surface area contributed by atoms with E-state index in [1.54, 1.807) is 24.3 Å². The first-order valence-corrected chi connectivity index (χ1v) is 10.7. The van der Waals surface area contributed by atoms with Crippen LogP contribution >= 0.6 is 0 Å². The number of likely N-dealkylation sites (tertiary alicyclic amines) is 1. The molecule has 1 heterocycles. The molecule has 1 aliphatic heterocycles. The molecule has 1 unspecified atom stereocenters. The van der Waals surface area contributed by atoms with E-state index in [0.29, 0.717) is 23.5 Å². The van der Waals surface area contributed by atoms with Crippen molar-refractivity contribution in [3.8, 4) is 5.75 Å². The lowest BCUT2D eigenvalue weighted by Crippen LogP contribution is -2.29. The minimum Gasteiger partial charge on any atom is -0.507 e. The fraction of sp³-hybridized carbons (Fsp3) is 0.154. The second-order valence-electron chi connectivity index (χ2n) is 7.72.